The number of nitrogens with one attached hydrogen (secondary N) is 1. The van der Waals surface area contributed by atoms with E-state index in [4.69, 9.17) is 5.11 Å². The fourth-order valence-corrected chi connectivity index (χ4v) is 2.24. The van der Waals surface area contributed by atoms with Gasteiger partial charge in [-0.1, -0.05) is 18.3 Å². The molecule has 1 amide bonds. The van der Waals surface area contributed by atoms with Crippen LogP contribution in [-0.2, 0) is 4.79 Å². The number of carbonyl (C=O) groups is 1. The van der Waals surface area contributed by atoms with Crippen molar-refractivity contribution in [3.8, 4) is 11.8 Å². The number of rotatable bonds is 3. The summed E-state index contributed by atoms with van der Waals surface area (Å²) in [5, 5.41) is 11.6. The van der Waals surface area contributed by atoms with Gasteiger partial charge in [0.05, 0.1) is 0 Å². The van der Waals surface area contributed by atoms with E-state index in [0.717, 1.165) is 16.8 Å². The van der Waals surface area contributed by atoms with E-state index in [9.17, 15) is 4.79 Å². The van der Waals surface area contributed by atoms with Crippen LogP contribution >= 0.6 is 0 Å². The Morgan fingerprint density at radius 1 is 1.42 bits per heavy atom. The molecule has 0 aromatic heterocycles. The molecule has 0 aliphatic heterocycles. The van der Waals surface area contributed by atoms with Crippen LogP contribution in [0.2, 0.25) is 0 Å². The molecule has 1 fully saturated rings. The molecule has 100 valence electrons. The van der Waals surface area contributed by atoms with Crippen molar-refractivity contribution in [3.05, 3.63) is 29.3 Å². The number of aliphatic hydroxyl groups excluding tert-OH is 1. The van der Waals surface area contributed by atoms with Gasteiger partial charge < -0.3 is 10.4 Å². The fraction of sp³-hybridized carbons (Fsp3) is 0.438. The van der Waals surface area contributed by atoms with Crippen molar-refractivity contribution >= 4 is 11.6 Å². The molecule has 1 saturated carbocycles. The molecule has 1 aromatic carbocycles. The molecule has 19 heavy (non-hydrogen) atoms. The number of benzene rings is 1. The molecule has 2 N–H and O–H groups in total. The van der Waals surface area contributed by atoms with Crippen molar-refractivity contribution in [3.63, 3.8) is 0 Å². The van der Waals surface area contributed by atoms with Gasteiger partial charge in [-0.3, -0.25) is 4.79 Å². The molecule has 1 aliphatic rings. The van der Waals surface area contributed by atoms with Crippen LogP contribution in [0.25, 0.3) is 0 Å². The lowest BCUT2D eigenvalue weighted by atomic mass is 9.83. The van der Waals surface area contributed by atoms with Gasteiger partial charge in [0.25, 0.3) is 0 Å². The van der Waals surface area contributed by atoms with Gasteiger partial charge in [-0.25, -0.2) is 0 Å². The Labute approximate surface area is 114 Å². The van der Waals surface area contributed by atoms with Crippen LogP contribution < -0.4 is 5.32 Å². The van der Waals surface area contributed by atoms with Crippen LogP contribution in [0.4, 0.5) is 5.69 Å². The van der Waals surface area contributed by atoms with E-state index in [1.807, 2.05) is 25.1 Å². The quantitative estimate of drug-likeness (QED) is 0.817. The SMILES string of the molecule is Cc1cc(C#CCO)cc(NC(=O)CC2CCC2)c1. The Kier molecular flexibility index (Phi) is 4.59. The van der Waals surface area contributed by atoms with E-state index >= 15 is 0 Å². The summed E-state index contributed by atoms with van der Waals surface area (Å²) < 4.78 is 0. The van der Waals surface area contributed by atoms with Crippen LogP contribution in [0, 0.1) is 24.7 Å². The van der Waals surface area contributed by atoms with Gasteiger partial charge in [0.15, 0.2) is 0 Å². The molecule has 3 heteroatoms. The van der Waals surface area contributed by atoms with Crippen LogP contribution in [0.15, 0.2) is 18.2 Å². The van der Waals surface area contributed by atoms with Gasteiger partial charge in [-0.05, 0) is 49.4 Å². The summed E-state index contributed by atoms with van der Waals surface area (Å²) in [6.45, 7) is 1.81. The van der Waals surface area contributed by atoms with Crippen LogP contribution in [0.5, 0.6) is 0 Å². The lowest BCUT2D eigenvalue weighted by Gasteiger charge is -2.24. The predicted molar refractivity (Wildman–Crippen MR) is 75.7 cm³/mol. The van der Waals surface area contributed by atoms with E-state index in [1.54, 1.807) is 0 Å². The van der Waals surface area contributed by atoms with Crippen molar-refractivity contribution in [2.24, 2.45) is 5.92 Å². The van der Waals surface area contributed by atoms with E-state index < -0.39 is 0 Å². The lowest BCUT2D eigenvalue weighted by molar-refractivity contribution is -0.117. The maximum atomic E-state index is 11.9. The van der Waals surface area contributed by atoms with Crippen LogP contribution in [0.1, 0.15) is 36.8 Å². The first-order valence-corrected chi connectivity index (χ1v) is 6.68. The van der Waals surface area contributed by atoms with E-state index in [-0.39, 0.29) is 12.5 Å². The molecule has 0 spiro atoms. The monoisotopic (exact) mass is 257 g/mol. The first kappa shape index (κ1) is 13.6. The number of hydrogen-bond donors (Lipinski definition) is 2. The second kappa shape index (κ2) is 6.40. The van der Waals surface area contributed by atoms with E-state index in [0.29, 0.717) is 12.3 Å². The molecule has 0 saturated heterocycles. The zero-order chi connectivity index (χ0) is 13.7. The van der Waals surface area contributed by atoms with Crippen molar-refractivity contribution in [2.75, 3.05) is 11.9 Å². The van der Waals surface area contributed by atoms with Crippen molar-refractivity contribution in [2.45, 2.75) is 32.6 Å². The van der Waals surface area contributed by atoms with Gasteiger partial charge in [0, 0.05) is 17.7 Å². The smallest absolute Gasteiger partial charge is 0.224 e. The minimum absolute atomic E-state index is 0.0800. The highest BCUT2D eigenvalue weighted by Crippen LogP contribution is 2.29. The summed E-state index contributed by atoms with van der Waals surface area (Å²) in [5.41, 5.74) is 2.64. The van der Waals surface area contributed by atoms with Gasteiger partial charge in [0.1, 0.15) is 6.61 Å². The molecule has 0 unspecified atom stereocenters. The van der Waals surface area contributed by atoms with E-state index in [1.165, 1.54) is 19.3 Å². The number of hydrogen-bond acceptors (Lipinski definition) is 2. The first-order valence-electron chi connectivity index (χ1n) is 6.68. The van der Waals surface area contributed by atoms with Gasteiger partial charge >= 0.3 is 0 Å². The number of anilines is 1. The molecule has 1 aromatic rings. The largest absolute Gasteiger partial charge is 0.384 e. The van der Waals surface area contributed by atoms with E-state index in [2.05, 4.69) is 17.2 Å². The Balaban J connectivity index is 2.02. The van der Waals surface area contributed by atoms with Gasteiger partial charge in [-0.2, -0.15) is 0 Å². The highest BCUT2D eigenvalue weighted by atomic mass is 16.2. The average molecular weight is 257 g/mol. The van der Waals surface area contributed by atoms with Crippen LogP contribution in [-0.4, -0.2) is 17.6 Å². The van der Waals surface area contributed by atoms with Gasteiger partial charge in [-0.15, -0.1) is 0 Å². The number of carbonyl (C=O) groups excluding carboxylic acids is 1. The zero-order valence-corrected chi connectivity index (χ0v) is 11.2. The van der Waals surface area contributed by atoms with Crippen molar-refractivity contribution in [1.82, 2.24) is 0 Å². The number of amides is 1. The zero-order valence-electron chi connectivity index (χ0n) is 11.2. The summed E-state index contributed by atoms with van der Waals surface area (Å²) in [5.74, 6) is 6.12. The molecule has 0 heterocycles. The average Bonchev–Trinajstić information content (AvgIpc) is 2.30. The normalized spacial score (nSPS) is 14.2. The summed E-state index contributed by atoms with van der Waals surface area (Å²) in [7, 11) is 0. The Morgan fingerprint density at radius 2 is 2.21 bits per heavy atom. The third kappa shape index (κ3) is 4.11. The second-order valence-corrected chi connectivity index (χ2v) is 5.10. The maximum Gasteiger partial charge on any atom is 0.224 e. The maximum absolute atomic E-state index is 11.9. The van der Waals surface area contributed by atoms with Crippen molar-refractivity contribution in [1.29, 1.82) is 0 Å². The standard InChI is InChI=1S/C16H19NO2/c1-12-8-14(6-3-7-18)10-15(9-12)17-16(19)11-13-4-2-5-13/h8-10,13,18H,2,4-5,7,11H2,1H3,(H,17,19). The van der Waals surface area contributed by atoms with Crippen LogP contribution in [0.3, 0.4) is 0 Å². The molecule has 0 bridgehead atoms. The molecule has 0 radical (unpaired) electrons. The summed E-state index contributed by atoms with van der Waals surface area (Å²) >= 11 is 0. The summed E-state index contributed by atoms with van der Waals surface area (Å²) in [4.78, 5) is 11.9. The molecular formula is C16H19NO2. The summed E-state index contributed by atoms with van der Waals surface area (Å²) in [6.07, 6.45) is 4.22. The molecular weight excluding hydrogens is 238 g/mol. The Hall–Kier alpha value is -1.79. The number of aryl methyl sites for hydroxylation is 1. The highest BCUT2D eigenvalue weighted by Gasteiger charge is 2.20. The topological polar surface area (TPSA) is 49.3 Å². The Morgan fingerprint density at radius 3 is 2.84 bits per heavy atom. The predicted octanol–water partition coefficient (Wildman–Crippen LogP) is 2.47. The molecule has 2 rings (SSSR count). The molecule has 0 atom stereocenters. The third-order valence-electron chi connectivity index (χ3n) is 3.37. The van der Waals surface area contributed by atoms with Crippen molar-refractivity contribution < 1.29 is 9.90 Å². The first-order chi connectivity index (χ1) is 9.17. The molecule has 3 nitrogen and oxygen atoms in total. The third-order valence-corrected chi connectivity index (χ3v) is 3.37. The highest BCUT2D eigenvalue weighted by molar-refractivity contribution is 5.91. The minimum Gasteiger partial charge on any atom is -0.384 e. The van der Waals surface area contributed by atoms with Gasteiger partial charge in [0.2, 0.25) is 5.91 Å². The lowest BCUT2D eigenvalue weighted by Crippen LogP contribution is -2.20. The molecule has 1 aliphatic carbocycles. The minimum atomic E-state index is -0.155. The Bertz CT molecular complexity index is 521. The number of aliphatic hydroxyl groups is 1. The second-order valence-electron chi connectivity index (χ2n) is 5.10. The summed E-state index contributed by atoms with van der Waals surface area (Å²) in [6, 6.07) is 5.71. The fourth-order valence-electron chi connectivity index (χ4n) is 2.24.